The van der Waals surface area contributed by atoms with Crippen molar-refractivity contribution in [1.82, 2.24) is 15.2 Å². The molecule has 1 unspecified atom stereocenters. The molecule has 0 saturated heterocycles. The highest BCUT2D eigenvalue weighted by atomic mass is 16.5. The Morgan fingerprint density at radius 2 is 2.12 bits per heavy atom. The van der Waals surface area contributed by atoms with E-state index in [0.717, 1.165) is 36.4 Å². The van der Waals surface area contributed by atoms with Crippen LogP contribution in [0.5, 0.6) is 5.75 Å². The van der Waals surface area contributed by atoms with Crippen molar-refractivity contribution < 1.29 is 9.53 Å². The normalized spacial score (nSPS) is 15.7. The Kier molecular flexibility index (Phi) is 6.23. The first kappa shape index (κ1) is 18.4. The predicted octanol–water partition coefficient (Wildman–Crippen LogP) is 3.18. The maximum absolute atomic E-state index is 12.7. The Balaban J connectivity index is 1.63. The fraction of sp³-hybridized carbons (Fsp3) is 0.429. The monoisotopic (exact) mass is 353 g/mol. The van der Waals surface area contributed by atoms with Gasteiger partial charge in [0.2, 0.25) is 5.91 Å². The van der Waals surface area contributed by atoms with E-state index >= 15 is 0 Å². The molecule has 2 heterocycles. The standard InChI is InChI=1S/C21H27N3O2/c1-16(2)12-19(17-7-5-9-22-13-17)23-21(25)15-24-10-11-26-20-8-4-3-6-18(20)14-24/h3-9,13,16,19H,10-12,14-15H2,1-2H3,(H,23,25). The summed E-state index contributed by atoms with van der Waals surface area (Å²) in [5.41, 5.74) is 2.18. The van der Waals surface area contributed by atoms with Crippen LogP contribution in [0.4, 0.5) is 0 Å². The van der Waals surface area contributed by atoms with Crippen LogP contribution in [0.1, 0.15) is 37.4 Å². The number of nitrogens with zero attached hydrogens (tertiary/aromatic N) is 2. The molecule has 5 nitrogen and oxygen atoms in total. The van der Waals surface area contributed by atoms with Gasteiger partial charge >= 0.3 is 0 Å². The molecule has 1 N–H and O–H groups in total. The number of ether oxygens (including phenoxy) is 1. The summed E-state index contributed by atoms with van der Waals surface area (Å²) in [5.74, 6) is 1.45. The molecule has 1 aromatic carbocycles. The van der Waals surface area contributed by atoms with Crippen LogP contribution in [-0.4, -0.2) is 35.5 Å². The van der Waals surface area contributed by atoms with E-state index in [1.54, 1.807) is 6.20 Å². The fourth-order valence-corrected chi connectivity index (χ4v) is 3.29. The third-order valence-corrected chi connectivity index (χ3v) is 4.53. The zero-order valence-corrected chi connectivity index (χ0v) is 15.5. The van der Waals surface area contributed by atoms with Crippen molar-refractivity contribution in [2.24, 2.45) is 5.92 Å². The van der Waals surface area contributed by atoms with Gasteiger partial charge in [0.15, 0.2) is 0 Å². The minimum absolute atomic E-state index is 0.00767. The summed E-state index contributed by atoms with van der Waals surface area (Å²) in [6.45, 7) is 6.77. The molecule has 5 heteroatoms. The van der Waals surface area contributed by atoms with Gasteiger partial charge in [-0.05, 0) is 30.0 Å². The summed E-state index contributed by atoms with van der Waals surface area (Å²) < 4.78 is 5.78. The number of carbonyl (C=O) groups is 1. The van der Waals surface area contributed by atoms with Crippen molar-refractivity contribution >= 4 is 5.91 Å². The van der Waals surface area contributed by atoms with Crippen LogP contribution >= 0.6 is 0 Å². The summed E-state index contributed by atoms with van der Waals surface area (Å²) in [4.78, 5) is 19.0. The lowest BCUT2D eigenvalue weighted by molar-refractivity contribution is -0.123. The van der Waals surface area contributed by atoms with Crippen LogP contribution in [0.2, 0.25) is 0 Å². The lowest BCUT2D eigenvalue weighted by atomic mass is 9.98. The largest absolute Gasteiger partial charge is 0.492 e. The SMILES string of the molecule is CC(C)CC(NC(=O)CN1CCOc2ccccc2C1)c1cccnc1. The Morgan fingerprint density at radius 1 is 1.27 bits per heavy atom. The van der Waals surface area contributed by atoms with Crippen LogP contribution in [-0.2, 0) is 11.3 Å². The molecule has 1 aliphatic heterocycles. The maximum atomic E-state index is 12.7. The number of amides is 1. The number of pyridine rings is 1. The minimum Gasteiger partial charge on any atom is -0.492 e. The molecule has 1 aliphatic rings. The predicted molar refractivity (Wildman–Crippen MR) is 102 cm³/mol. The van der Waals surface area contributed by atoms with Crippen molar-refractivity contribution in [2.45, 2.75) is 32.9 Å². The fourth-order valence-electron chi connectivity index (χ4n) is 3.29. The second-order valence-corrected chi connectivity index (χ2v) is 7.20. The molecule has 138 valence electrons. The second-order valence-electron chi connectivity index (χ2n) is 7.20. The van der Waals surface area contributed by atoms with Gasteiger partial charge in [0, 0.05) is 31.0 Å². The van der Waals surface area contributed by atoms with Crippen LogP contribution < -0.4 is 10.1 Å². The molecular weight excluding hydrogens is 326 g/mol. The summed E-state index contributed by atoms with van der Waals surface area (Å²) in [6.07, 6.45) is 4.49. The van der Waals surface area contributed by atoms with Crippen LogP contribution in [0.25, 0.3) is 0 Å². The topological polar surface area (TPSA) is 54.5 Å². The van der Waals surface area contributed by atoms with Crippen LogP contribution in [0, 0.1) is 5.92 Å². The van der Waals surface area contributed by atoms with Gasteiger partial charge in [0.1, 0.15) is 12.4 Å². The minimum atomic E-state index is -0.00767. The third kappa shape index (κ3) is 5.05. The summed E-state index contributed by atoms with van der Waals surface area (Å²) in [6, 6.07) is 12.0. The summed E-state index contributed by atoms with van der Waals surface area (Å²) in [5, 5.41) is 3.19. The zero-order valence-electron chi connectivity index (χ0n) is 15.5. The highest BCUT2D eigenvalue weighted by molar-refractivity contribution is 5.78. The van der Waals surface area contributed by atoms with Crippen LogP contribution in [0.15, 0.2) is 48.8 Å². The van der Waals surface area contributed by atoms with E-state index in [1.165, 1.54) is 0 Å². The van der Waals surface area contributed by atoms with E-state index in [-0.39, 0.29) is 11.9 Å². The average Bonchev–Trinajstić information content (AvgIpc) is 2.83. The number of para-hydroxylation sites is 1. The Bertz CT molecular complexity index is 718. The maximum Gasteiger partial charge on any atom is 0.234 e. The summed E-state index contributed by atoms with van der Waals surface area (Å²) >= 11 is 0. The van der Waals surface area contributed by atoms with Gasteiger partial charge in [-0.1, -0.05) is 38.1 Å². The molecule has 1 aromatic heterocycles. The van der Waals surface area contributed by atoms with Crippen LogP contribution in [0.3, 0.4) is 0 Å². The number of fused-ring (bicyclic) bond motifs is 1. The molecule has 0 radical (unpaired) electrons. The number of aromatic nitrogens is 1. The quantitative estimate of drug-likeness (QED) is 0.867. The lowest BCUT2D eigenvalue weighted by Crippen LogP contribution is -2.39. The first-order valence-electron chi connectivity index (χ1n) is 9.24. The zero-order chi connectivity index (χ0) is 18.4. The van der Waals surface area contributed by atoms with E-state index in [9.17, 15) is 4.79 Å². The molecular formula is C21H27N3O2. The first-order valence-corrected chi connectivity index (χ1v) is 9.24. The number of hydrogen-bond acceptors (Lipinski definition) is 4. The molecule has 26 heavy (non-hydrogen) atoms. The van der Waals surface area contributed by atoms with E-state index in [4.69, 9.17) is 4.74 Å². The average molecular weight is 353 g/mol. The van der Waals surface area contributed by atoms with Gasteiger partial charge in [0.25, 0.3) is 0 Å². The Labute approximate surface area is 155 Å². The van der Waals surface area contributed by atoms with E-state index in [1.807, 2.05) is 36.5 Å². The van der Waals surface area contributed by atoms with Crippen molar-refractivity contribution in [1.29, 1.82) is 0 Å². The highest BCUT2D eigenvalue weighted by Crippen LogP contribution is 2.23. The summed E-state index contributed by atoms with van der Waals surface area (Å²) in [7, 11) is 0. The number of benzene rings is 1. The van der Waals surface area contributed by atoms with Gasteiger partial charge in [-0.15, -0.1) is 0 Å². The van der Waals surface area contributed by atoms with Crippen molar-refractivity contribution in [2.75, 3.05) is 19.7 Å². The number of nitrogens with one attached hydrogen (secondary N) is 1. The van der Waals surface area contributed by atoms with Crippen molar-refractivity contribution in [3.05, 3.63) is 59.9 Å². The van der Waals surface area contributed by atoms with Gasteiger partial charge in [-0.3, -0.25) is 14.7 Å². The molecule has 0 aliphatic carbocycles. The number of carbonyl (C=O) groups excluding carboxylic acids is 1. The first-order chi connectivity index (χ1) is 12.6. The Morgan fingerprint density at radius 3 is 2.88 bits per heavy atom. The third-order valence-electron chi connectivity index (χ3n) is 4.53. The van der Waals surface area contributed by atoms with Gasteiger partial charge < -0.3 is 10.1 Å². The highest BCUT2D eigenvalue weighted by Gasteiger charge is 2.20. The molecule has 0 bridgehead atoms. The van der Waals surface area contributed by atoms with E-state index < -0.39 is 0 Å². The smallest absolute Gasteiger partial charge is 0.234 e. The Hall–Kier alpha value is -2.40. The molecule has 0 fully saturated rings. The number of rotatable bonds is 6. The van der Waals surface area contributed by atoms with Crippen molar-refractivity contribution in [3.8, 4) is 5.75 Å². The van der Waals surface area contributed by atoms with Gasteiger partial charge in [0.05, 0.1) is 12.6 Å². The molecule has 1 amide bonds. The van der Waals surface area contributed by atoms with Gasteiger partial charge in [-0.2, -0.15) is 0 Å². The lowest BCUT2D eigenvalue weighted by Gasteiger charge is -2.24. The van der Waals surface area contributed by atoms with Crippen molar-refractivity contribution in [3.63, 3.8) is 0 Å². The second kappa shape index (κ2) is 8.81. The number of hydrogen-bond donors (Lipinski definition) is 1. The molecule has 2 aromatic rings. The molecule has 0 saturated carbocycles. The van der Waals surface area contributed by atoms with Gasteiger partial charge in [-0.25, -0.2) is 0 Å². The van der Waals surface area contributed by atoms with E-state index in [0.29, 0.717) is 19.1 Å². The molecule has 1 atom stereocenters. The van der Waals surface area contributed by atoms with E-state index in [2.05, 4.69) is 35.1 Å². The molecule has 0 spiro atoms. The molecule has 3 rings (SSSR count).